The third kappa shape index (κ3) is 3.57. The van der Waals surface area contributed by atoms with Crippen molar-refractivity contribution >= 4 is 11.6 Å². The molecule has 0 atom stereocenters. The maximum absolute atomic E-state index is 11.9. The number of nitrogens with one attached hydrogen (secondary N) is 2. The Morgan fingerprint density at radius 3 is 2.60 bits per heavy atom. The number of hydrogen-bond donors (Lipinski definition) is 3. The van der Waals surface area contributed by atoms with E-state index in [4.69, 9.17) is 5.11 Å². The highest BCUT2D eigenvalue weighted by Crippen LogP contribution is 2.09. The number of pyridine rings is 1. The first kappa shape index (κ1) is 13.6. The van der Waals surface area contributed by atoms with Crippen molar-refractivity contribution in [1.82, 2.24) is 4.98 Å². The summed E-state index contributed by atoms with van der Waals surface area (Å²) in [5, 5.41) is 11.3. The first-order valence-corrected chi connectivity index (χ1v) is 5.89. The highest BCUT2D eigenvalue weighted by molar-refractivity contribution is 6.02. The van der Waals surface area contributed by atoms with Gasteiger partial charge in [0.05, 0.1) is 0 Å². The van der Waals surface area contributed by atoms with Crippen LogP contribution in [0.2, 0.25) is 0 Å². The molecule has 1 amide bonds. The van der Waals surface area contributed by atoms with Crippen molar-refractivity contribution < 1.29 is 9.90 Å². The van der Waals surface area contributed by atoms with Crippen molar-refractivity contribution in [3.63, 3.8) is 0 Å². The second-order valence-electron chi connectivity index (χ2n) is 3.92. The molecule has 5 heteroatoms. The zero-order chi connectivity index (χ0) is 14.4. The number of aromatic amines is 1. The molecule has 0 spiro atoms. The first-order chi connectivity index (χ1) is 9.69. The first-order valence-electron chi connectivity index (χ1n) is 5.89. The van der Waals surface area contributed by atoms with Crippen molar-refractivity contribution in [3.8, 4) is 11.8 Å². The predicted molar refractivity (Wildman–Crippen MR) is 75.4 cm³/mol. The van der Waals surface area contributed by atoms with Gasteiger partial charge in [-0.2, -0.15) is 0 Å². The normalized spacial score (nSPS) is 9.45. The average Bonchev–Trinajstić information content (AvgIpc) is 2.46. The van der Waals surface area contributed by atoms with Crippen LogP contribution in [0.3, 0.4) is 0 Å². The molecule has 0 saturated carbocycles. The number of carbonyl (C=O) groups excluding carboxylic acids is 1. The molecule has 1 aromatic heterocycles. The van der Waals surface area contributed by atoms with Crippen LogP contribution in [-0.2, 0) is 0 Å². The lowest BCUT2D eigenvalue weighted by molar-refractivity contribution is 0.102. The van der Waals surface area contributed by atoms with E-state index < -0.39 is 5.91 Å². The lowest BCUT2D eigenvalue weighted by Crippen LogP contribution is -2.17. The molecule has 100 valence electrons. The Morgan fingerprint density at radius 1 is 1.20 bits per heavy atom. The fourth-order valence-electron chi connectivity index (χ4n) is 1.56. The fourth-order valence-corrected chi connectivity index (χ4v) is 1.56. The molecule has 5 nitrogen and oxygen atoms in total. The Balaban J connectivity index is 2.10. The Bertz CT molecular complexity index is 721. The van der Waals surface area contributed by atoms with Gasteiger partial charge in [-0.15, -0.1) is 0 Å². The van der Waals surface area contributed by atoms with Crippen molar-refractivity contribution in [2.45, 2.75) is 0 Å². The summed E-state index contributed by atoms with van der Waals surface area (Å²) in [4.78, 5) is 25.5. The van der Waals surface area contributed by atoms with Gasteiger partial charge in [0.1, 0.15) is 12.3 Å². The van der Waals surface area contributed by atoms with Gasteiger partial charge in [0.15, 0.2) is 0 Å². The molecular formula is C15H12N2O3. The Morgan fingerprint density at radius 2 is 1.95 bits per heavy atom. The molecule has 0 aliphatic carbocycles. The molecule has 0 aliphatic heterocycles. The lowest BCUT2D eigenvalue weighted by Gasteiger charge is -2.04. The van der Waals surface area contributed by atoms with Crippen LogP contribution < -0.4 is 10.9 Å². The van der Waals surface area contributed by atoms with Gasteiger partial charge in [0.2, 0.25) is 5.56 Å². The van der Waals surface area contributed by atoms with Gasteiger partial charge in [-0.3, -0.25) is 9.59 Å². The van der Waals surface area contributed by atoms with Gasteiger partial charge in [-0.25, -0.2) is 0 Å². The van der Waals surface area contributed by atoms with Crippen molar-refractivity contribution in [3.05, 3.63) is 64.1 Å². The number of benzene rings is 1. The van der Waals surface area contributed by atoms with Gasteiger partial charge in [-0.1, -0.05) is 17.9 Å². The minimum absolute atomic E-state index is 0.195. The average molecular weight is 268 g/mol. The molecule has 3 N–H and O–H groups in total. The lowest BCUT2D eigenvalue weighted by atomic mass is 10.2. The van der Waals surface area contributed by atoms with E-state index in [1.165, 1.54) is 18.2 Å². The smallest absolute Gasteiger partial charge is 0.272 e. The molecule has 1 aromatic carbocycles. The molecule has 20 heavy (non-hydrogen) atoms. The molecule has 2 rings (SSSR count). The van der Waals surface area contributed by atoms with Crippen LogP contribution in [0.1, 0.15) is 16.1 Å². The summed E-state index contributed by atoms with van der Waals surface area (Å²) in [6, 6.07) is 11.2. The Hall–Kier alpha value is -2.84. The van der Waals surface area contributed by atoms with Crippen LogP contribution in [0.25, 0.3) is 0 Å². The Kier molecular flexibility index (Phi) is 4.32. The summed E-state index contributed by atoms with van der Waals surface area (Å²) < 4.78 is 0. The monoisotopic (exact) mass is 268 g/mol. The van der Waals surface area contributed by atoms with E-state index in [1.807, 2.05) is 0 Å². The van der Waals surface area contributed by atoms with Crippen LogP contribution >= 0.6 is 0 Å². The number of anilines is 1. The molecule has 0 unspecified atom stereocenters. The molecule has 0 fully saturated rings. The molecule has 0 saturated heterocycles. The second-order valence-corrected chi connectivity index (χ2v) is 3.92. The second kappa shape index (κ2) is 6.36. The molecule has 0 radical (unpaired) electrons. The van der Waals surface area contributed by atoms with E-state index in [9.17, 15) is 9.59 Å². The quantitative estimate of drug-likeness (QED) is 0.710. The maximum atomic E-state index is 11.9. The molecule has 0 bridgehead atoms. The van der Waals surface area contributed by atoms with E-state index >= 15 is 0 Å². The highest BCUT2D eigenvalue weighted by Gasteiger charge is 2.06. The van der Waals surface area contributed by atoms with Crippen LogP contribution in [0, 0.1) is 11.8 Å². The molecule has 0 aliphatic rings. The number of amides is 1. The largest absolute Gasteiger partial charge is 0.384 e. The number of aliphatic hydroxyl groups excluding tert-OH is 1. The van der Waals surface area contributed by atoms with Crippen LogP contribution in [0.4, 0.5) is 5.69 Å². The molecule has 1 heterocycles. The van der Waals surface area contributed by atoms with E-state index in [-0.39, 0.29) is 17.9 Å². The summed E-state index contributed by atoms with van der Waals surface area (Å²) in [5.74, 6) is 4.90. The minimum Gasteiger partial charge on any atom is -0.384 e. The number of rotatable bonds is 2. The van der Waals surface area contributed by atoms with Gasteiger partial charge in [0, 0.05) is 17.3 Å². The third-order valence-corrected chi connectivity index (χ3v) is 2.47. The summed E-state index contributed by atoms with van der Waals surface area (Å²) >= 11 is 0. The number of aliphatic hydroxyl groups is 1. The van der Waals surface area contributed by atoms with Crippen LogP contribution in [-0.4, -0.2) is 22.6 Å². The summed E-state index contributed by atoms with van der Waals surface area (Å²) in [7, 11) is 0. The van der Waals surface area contributed by atoms with Gasteiger partial charge >= 0.3 is 0 Å². The van der Waals surface area contributed by atoms with Crippen molar-refractivity contribution in [2.24, 2.45) is 0 Å². The number of H-pyrrole nitrogens is 1. The van der Waals surface area contributed by atoms with E-state index in [1.54, 1.807) is 24.3 Å². The topological polar surface area (TPSA) is 82.2 Å². The standard InChI is InChI=1S/C15H12N2O3/c18-10-2-3-11-6-8-12(9-7-11)16-15(20)13-4-1-5-14(19)17-13/h1,4-9,18H,10H2,(H,16,20)(H,17,19). The molecular weight excluding hydrogens is 256 g/mol. The van der Waals surface area contributed by atoms with Gasteiger partial charge in [-0.05, 0) is 30.3 Å². The van der Waals surface area contributed by atoms with Gasteiger partial charge in [0.25, 0.3) is 5.91 Å². The summed E-state index contributed by atoms with van der Waals surface area (Å²) in [6.45, 7) is -0.195. The van der Waals surface area contributed by atoms with E-state index in [0.29, 0.717) is 5.69 Å². The fraction of sp³-hybridized carbons (Fsp3) is 0.0667. The maximum Gasteiger partial charge on any atom is 0.272 e. The van der Waals surface area contributed by atoms with Crippen molar-refractivity contribution in [1.29, 1.82) is 0 Å². The van der Waals surface area contributed by atoms with E-state index in [2.05, 4.69) is 22.1 Å². The van der Waals surface area contributed by atoms with Gasteiger partial charge < -0.3 is 15.4 Å². The highest BCUT2D eigenvalue weighted by atomic mass is 16.2. The van der Waals surface area contributed by atoms with Crippen LogP contribution in [0.15, 0.2) is 47.3 Å². The summed E-state index contributed by atoms with van der Waals surface area (Å²) in [5.41, 5.74) is 1.20. The third-order valence-electron chi connectivity index (χ3n) is 2.47. The SMILES string of the molecule is O=C(Nc1ccc(C#CCO)cc1)c1cccc(=O)[nH]1. The minimum atomic E-state index is -0.392. The predicted octanol–water partition coefficient (Wildman–Crippen LogP) is 0.971. The van der Waals surface area contributed by atoms with E-state index in [0.717, 1.165) is 5.56 Å². The number of carbonyl (C=O) groups is 1. The summed E-state index contributed by atoms with van der Waals surface area (Å²) in [6.07, 6.45) is 0. The van der Waals surface area contributed by atoms with Crippen LogP contribution in [0.5, 0.6) is 0 Å². The molecule has 2 aromatic rings. The van der Waals surface area contributed by atoms with Crippen molar-refractivity contribution in [2.75, 3.05) is 11.9 Å². The zero-order valence-electron chi connectivity index (χ0n) is 10.5. The zero-order valence-corrected chi connectivity index (χ0v) is 10.5. The number of hydrogen-bond acceptors (Lipinski definition) is 3. The number of aromatic nitrogens is 1. The Labute approximate surface area is 115 Å².